The quantitative estimate of drug-likeness (QED) is 0.825. The summed E-state index contributed by atoms with van der Waals surface area (Å²) in [5.74, 6) is 1.62. The van der Waals surface area contributed by atoms with Crippen molar-refractivity contribution in [3.8, 4) is 11.5 Å². The van der Waals surface area contributed by atoms with E-state index >= 15 is 0 Å². The van der Waals surface area contributed by atoms with E-state index in [2.05, 4.69) is 40.9 Å². The van der Waals surface area contributed by atoms with Crippen LogP contribution in [0, 0.1) is 0 Å². The zero-order valence-corrected chi connectivity index (χ0v) is 16.0. The molecule has 0 fully saturated rings. The zero-order valence-electron chi connectivity index (χ0n) is 16.0. The minimum Gasteiger partial charge on any atom is -0.496 e. The fourth-order valence-electron chi connectivity index (χ4n) is 3.20. The van der Waals surface area contributed by atoms with E-state index < -0.39 is 0 Å². The molecule has 1 aromatic heterocycles. The summed E-state index contributed by atoms with van der Waals surface area (Å²) in [5.41, 5.74) is 5.95. The average molecular weight is 351 g/mol. The van der Waals surface area contributed by atoms with Crippen molar-refractivity contribution in [2.75, 3.05) is 35.4 Å². The van der Waals surface area contributed by atoms with Crippen molar-refractivity contribution in [2.45, 2.75) is 6.54 Å². The van der Waals surface area contributed by atoms with E-state index in [9.17, 15) is 0 Å². The Bertz CT molecular complexity index is 846. The Kier molecular flexibility index (Phi) is 5.00. The molecule has 0 bridgehead atoms. The molecule has 0 saturated carbocycles. The summed E-state index contributed by atoms with van der Waals surface area (Å²) < 4.78 is 11.4. The minimum absolute atomic E-state index is 0.737. The molecule has 2 heterocycles. The summed E-state index contributed by atoms with van der Waals surface area (Å²) in [4.78, 5) is 8.61. The fourth-order valence-corrected chi connectivity index (χ4v) is 3.20. The van der Waals surface area contributed by atoms with Gasteiger partial charge >= 0.3 is 0 Å². The van der Waals surface area contributed by atoms with Gasteiger partial charge in [-0.25, -0.2) is 0 Å². The SMILES string of the molecule is C=C1c2ncccc2C(c2cc(OC)c(CN(C)C)c(OC)c2)=CN1C. The molecule has 26 heavy (non-hydrogen) atoms. The van der Waals surface area contributed by atoms with Crippen LogP contribution in [0.2, 0.25) is 0 Å². The van der Waals surface area contributed by atoms with E-state index in [1.54, 1.807) is 20.4 Å². The standard InChI is InChI=1S/C21H25N3O2/c1-14-21-16(8-7-9-22-21)17(13-24(14)4)15-10-19(25-5)18(12-23(2)3)20(11-15)26-6/h7-11,13H,1,12H2,2-6H3. The number of pyridine rings is 1. The number of benzene rings is 1. The smallest absolute Gasteiger partial charge is 0.127 e. The van der Waals surface area contributed by atoms with Gasteiger partial charge in [0.15, 0.2) is 0 Å². The Labute approximate surface area is 155 Å². The van der Waals surface area contributed by atoms with Crippen LogP contribution in [0.3, 0.4) is 0 Å². The molecule has 0 saturated heterocycles. The zero-order chi connectivity index (χ0) is 18.8. The lowest BCUT2D eigenvalue weighted by Gasteiger charge is -2.27. The molecule has 1 aliphatic rings. The molecular weight excluding hydrogens is 326 g/mol. The lowest BCUT2D eigenvalue weighted by molar-refractivity contribution is 0.348. The Hall–Kier alpha value is -2.79. The molecule has 0 amide bonds. The number of aromatic nitrogens is 1. The predicted molar refractivity (Wildman–Crippen MR) is 105 cm³/mol. The molecule has 0 spiro atoms. The van der Waals surface area contributed by atoms with Gasteiger partial charge in [-0.15, -0.1) is 0 Å². The fraction of sp³-hybridized carbons (Fsp3) is 0.286. The van der Waals surface area contributed by atoms with Crippen molar-refractivity contribution in [3.05, 3.63) is 65.6 Å². The third kappa shape index (κ3) is 3.18. The highest BCUT2D eigenvalue weighted by Crippen LogP contribution is 2.39. The van der Waals surface area contributed by atoms with Gasteiger partial charge < -0.3 is 19.3 Å². The predicted octanol–water partition coefficient (Wildman–Crippen LogP) is 3.47. The van der Waals surface area contributed by atoms with Crippen molar-refractivity contribution in [1.29, 1.82) is 0 Å². The summed E-state index contributed by atoms with van der Waals surface area (Å²) in [6, 6.07) is 8.14. The van der Waals surface area contributed by atoms with E-state index in [-0.39, 0.29) is 0 Å². The van der Waals surface area contributed by atoms with Gasteiger partial charge in [-0.05, 0) is 37.9 Å². The number of hydrogen-bond donors (Lipinski definition) is 0. The summed E-state index contributed by atoms with van der Waals surface area (Å²) in [6.45, 7) is 4.88. The van der Waals surface area contributed by atoms with Crippen LogP contribution >= 0.6 is 0 Å². The third-order valence-electron chi connectivity index (χ3n) is 4.51. The van der Waals surface area contributed by atoms with Gasteiger partial charge in [-0.2, -0.15) is 0 Å². The highest BCUT2D eigenvalue weighted by Gasteiger charge is 2.23. The van der Waals surface area contributed by atoms with Crippen LogP contribution in [0.1, 0.15) is 22.4 Å². The number of rotatable bonds is 5. The second-order valence-electron chi connectivity index (χ2n) is 6.60. The number of methoxy groups -OCH3 is 2. The second-order valence-corrected chi connectivity index (χ2v) is 6.60. The molecule has 0 N–H and O–H groups in total. The van der Waals surface area contributed by atoms with Crippen LogP contribution in [0.4, 0.5) is 0 Å². The van der Waals surface area contributed by atoms with Gasteiger partial charge in [0.05, 0.1) is 31.2 Å². The van der Waals surface area contributed by atoms with Gasteiger partial charge in [-0.3, -0.25) is 4.98 Å². The Morgan fingerprint density at radius 3 is 2.38 bits per heavy atom. The Morgan fingerprint density at radius 2 is 1.81 bits per heavy atom. The van der Waals surface area contributed by atoms with Crippen LogP contribution in [-0.2, 0) is 6.54 Å². The van der Waals surface area contributed by atoms with E-state index in [0.717, 1.165) is 51.7 Å². The first kappa shape index (κ1) is 18.0. The molecule has 136 valence electrons. The van der Waals surface area contributed by atoms with Crippen molar-refractivity contribution in [1.82, 2.24) is 14.8 Å². The third-order valence-corrected chi connectivity index (χ3v) is 4.51. The van der Waals surface area contributed by atoms with Gasteiger partial charge in [0.2, 0.25) is 0 Å². The van der Waals surface area contributed by atoms with Crippen LogP contribution < -0.4 is 9.47 Å². The normalized spacial score (nSPS) is 13.5. The first-order valence-electron chi connectivity index (χ1n) is 8.45. The lowest BCUT2D eigenvalue weighted by Crippen LogP contribution is -2.17. The Balaban J connectivity index is 2.18. The maximum atomic E-state index is 5.68. The van der Waals surface area contributed by atoms with Crippen LogP contribution in [0.15, 0.2) is 43.2 Å². The Morgan fingerprint density at radius 1 is 1.15 bits per heavy atom. The van der Waals surface area contributed by atoms with Crippen LogP contribution in [0.25, 0.3) is 11.3 Å². The van der Waals surface area contributed by atoms with E-state index in [0.29, 0.717) is 0 Å². The van der Waals surface area contributed by atoms with Crippen LogP contribution in [0.5, 0.6) is 11.5 Å². The molecule has 1 aliphatic heterocycles. The number of fused-ring (bicyclic) bond motifs is 1. The summed E-state index contributed by atoms with van der Waals surface area (Å²) in [7, 11) is 9.42. The van der Waals surface area contributed by atoms with Crippen molar-refractivity contribution in [2.24, 2.45) is 0 Å². The minimum atomic E-state index is 0.737. The molecular formula is C21H25N3O2. The summed E-state index contributed by atoms with van der Waals surface area (Å²) in [6.07, 6.45) is 3.87. The first-order chi connectivity index (χ1) is 12.5. The molecule has 2 aromatic rings. The van der Waals surface area contributed by atoms with Crippen molar-refractivity contribution in [3.63, 3.8) is 0 Å². The average Bonchev–Trinajstić information content (AvgIpc) is 2.64. The van der Waals surface area contributed by atoms with E-state index in [4.69, 9.17) is 9.47 Å². The molecule has 0 atom stereocenters. The molecule has 3 rings (SSSR count). The molecule has 0 aliphatic carbocycles. The summed E-state index contributed by atoms with van der Waals surface area (Å²) >= 11 is 0. The van der Waals surface area contributed by atoms with E-state index in [1.807, 2.05) is 32.1 Å². The number of nitrogens with zero attached hydrogens (tertiary/aromatic N) is 3. The number of ether oxygens (including phenoxy) is 2. The van der Waals surface area contributed by atoms with E-state index in [1.165, 1.54) is 0 Å². The largest absolute Gasteiger partial charge is 0.496 e. The molecule has 1 aromatic carbocycles. The molecule has 5 heteroatoms. The summed E-state index contributed by atoms with van der Waals surface area (Å²) in [5, 5.41) is 0. The topological polar surface area (TPSA) is 37.8 Å². The van der Waals surface area contributed by atoms with Gasteiger partial charge in [0, 0.05) is 37.1 Å². The van der Waals surface area contributed by atoms with Crippen LogP contribution in [-0.4, -0.2) is 50.1 Å². The maximum absolute atomic E-state index is 5.68. The van der Waals surface area contributed by atoms with Crippen molar-refractivity contribution < 1.29 is 9.47 Å². The van der Waals surface area contributed by atoms with Gasteiger partial charge in [0.25, 0.3) is 0 Å². The highest BCUT2D eigenvalue weighted by molar-refractivity contribution is 5.89. The highest BCUT2D eigenvalue weighted by atomic mass is 16.5. The molecule has 0 unspecified atom stereocenters. The second kappa shape index (κ2) is 7.22. The van der Waals surface area contributed by atoms with Crippen molar-refractivity contribution >= 4 is 11.3 Å². The first-order valence-corrected chi connectivity index (χ1v) is 8.45. The monoisotopic (exact) mass is 351 g/mol. The lowest BCUT2D eigenvalue weighted by atomic mass is 9.92. The number of hydrogen-bond acceptors (Lipinski definition) is 5. The molecule has 0 radical (unpaired) electrons. The van der Waals surface area contributed by atoms with Gasteiger partial charge in [0.1, 0.15) is 11.5 Å². The molecule has 5 nitrogen and oxygen atoms in total. The van der Waals surface area contributed by atoms with Gasteiger partial charge in [-0.1, -0.05) is 12.6 Å². The maximum Gasteiger partial charge on any atom is 0.127 e.